The van der Waals surface area contributed by atoms with Gasteiger partial charge in [-0.3, -0.25) is 9.69 Å². The first kappa shape index (κ1) is 16.7. The van der Waals surface area contributed by atoms with Gasteiger partial charge < -0.3 is 15.5 Å². The molecule has 7 heteroatoms. The third-order valence-electron chi connectivity index (χ3n) is 5.49. The average Bonchev–Trinajstić information content (AvgIpc) is 2.82. The Hall–Kier alpha value is -1.18. The summed E-state index contributed by atoms with van der Waals surface area (Å²) >= 11 is 1.44. The highest BCUT2D eigenvalue weighted by Gasteiger charge is 2.42. The molecule has 3 rings (SSSR count). The van der Waals surface area contributed by atoms with Gasteiger partial charge in [0, 0.05) is 30.1 Å². The molecule has 128 valence electrons. The first-order chi connectivity index (χ1) is 10.9. The van der Waals surface area contributed by atoms with Crippen LogP contribution in [0.4, 0.5) is 5.13 Å². The Balaban J connectivity index is 1.68. The molecule has 0 aromatic carbocycles. The molecular weight excluding hydrogens is 310 g/mol. The Bertz CT molecular complexity index is 579. The van der Waals surface area contributed by atoms with E-state index in [0.29, 0.717) is 11.6 Å². The highest BCUT2D eigenvalue weighted by molar-refractivity contribution is 7.15. The topological polar surface area (TPSA) is 65.7 Å². The maximum absolute atomic E-state index is 12.8. The fourth-order valence-corrected chi connectivity index (χ4v) is 4.54. The van der Waals surface area contributed by atoms with E-state index in [1.54, 1.807) is 0 Å². The number of anilines is 1. The van der Waals surface area contributed by atoms with Gasteiger partial charge in [0.2, 0.25) is 5.91 Å². The van der Waals surface area contributed by atoms with Crippen LogP contribution in [-0.2, 0) is 11.2 Å². The molecule has 2 saturated heterocycles. The number of piperazine rings is 1. The fraction of sp³-hybridized carbons (Fsp3) is 0.750. The zero-order valence-corrected chi connectivity index (χ0v) is 15.2. The van der Waals surface area contributed by atoms with Crippen molar-refractivity contribution in [3.05, 3.63) is 10.6 Å². The highest BCUT2D eigenvalue weighted by Crippen LogP contribution is 2.31. The van der Waals surface area contributed by atoms with Crippen molar-refractivity contribution in [3.63, 3.8) is 0 Å². The predicted molar refractivity (Wildman–Crippen MR) is 93.6 cm³/mol. The van der Waals surface area contributed by atoms with E-state index in [4.69, 9.17) is 5.73 Å². The van der Waals surface area contributed by atoms with Crippen LogP contribution in [0.3, 0.4) is 0 Å². The number of carbonyl (C=O) groups excluding carboxylic acids is 1. The van der Waals surface area contributed by atoms with Crippen LogP contribution < -0.4 is 5.73 Å². The molecule has 2 aliphatic rings. The maximum Gasteiger partial charge on any atom is 0.228 e. The van der Waals surface area contributed by atoms with Crippen LogP contribution in [0.1, 0.15) is 23.4 Å². The molecule has 0 atom stereocenters. The van der Waals surface area contributed by atoms with Gasteiger partial charge in [0.15, 0.2) is 5.13 Å². The van der Waals surface area contributed by atoms with Crippen molar-refractivity contribution >= 4 is 22.4 Å². The van der Waals surface area contributed by atoms with Crippen LogP contribution in [0, 0.1) is 6.92 Å². The molecule has 0 unspecified atom stereocenters. The zero-order valence-electron chi connectivity index (χ0n) is 14.3. The van der Waals surface area contributed by atoms with Crippen LogP contribution in [0.5, 0.6) is 0 Å². The molecule has 0 saturated carbocycles. The molecule has 3 heterocycles. The predicted octanol–water partition coefficient (Wildman–Crippen LogP) is 0.815. The second-order valence-electron chi connectivity index (χ2n) is 7.00. The maximum atomic E-state index is 12.8. The van der Waals surface area contributed by atoms with E-state index in [9.17, 15) is 4.79 Å². The first-order valence-corrected chi connectivity index (χ1v) is 9.11. The Morgan fingerprint density at radius 3 is 2.57 bits per heavy atom. The molecule has 2 N–H and O–H groups in total. The fourth-order valence-electron chi connectivity index (χ4n) is 3.71. The number of likely N-dealkylation sites (N-methyl/N-ethyl adjacent to an activating group) is 1. The lowest BCUT2D eigenvalue weighted by Gasteiger charge is -2.52. The Labute approximate surface area is 142 Å². The molecular formula is C16H27N5OS. The summed E-state index contributed by atoms with van der Waals surface area (Å²) in [4.78, 5) is 24.9. The van der Waals surface area contributed by atoms with Crippen LogP contribution in [-0.4, -0.2) is 77.9 Å². The summed E-state index contributed by atoms with van der Waals surface area (Å²) in [5.74, 6) is 0.211. The number of carbonyl (C=O) groups is 1. The van der Waals surface area contributed by atoms with Crippen molar-refractivity contribution < 1.29 is 4.79 Å². The van der Waals surface area contributed by atoms with Gasteiger partial charge in [0.25, 0.3) is 0 Å². The van der Waals surface area contributed by atoms with E-state index in [-0.39, 0.29) is 11.4 Å². The molecule has 0 bridgehead atoms. The minimum absolute atomic E-state index is 0.155. The van der Waals surface area contributed by atoms with Crippen molar-refractivity contribution in [2.75, 3.05) is 52.6 Å². The molecule has 1 amide bonds. The summed E-state index contributed by atoms with van der Waals surface area (Å²) in [5.41, 5.74) is 6.80. The number of rotatable bonds is 2. The number of hydrogen-bond donors (Lipinski definition) is 1. The van der Waals surface area contributed by atoms with Gasteiger partial charge in [0.05, 0.1) is 12.1 Å². The molecule has 1 spiro atoms. The summed E-state index contributed by atoms with van der Waals surface area (Å²) in [5, 5.41) is 0.551. The summed E-state index contributed by atoms with van der Waals surface area (Å²) in [7, 11) is 4.39. The number of nitrogens with zero attached hydrogens (tertiary/aromatic N) is 4. The van der Waals surface area contributed by atoms with Gasteiger partial charge in [-0.2, -0.15) is 0 Å². The Morgan fingerprint density at radius 1 is 1.26 bits per heavy atom. The van der Waals surface area contributed by atoms with Gasteiger partial charge in [-0.05, 0) is 47.0 Å². The summed E-state index contributed by atoms with van der Waals surface area (Å²) in [6, 6.07) is 0. The van der Waals surface area contributed by atoms with E-state index in [2.05, 4.69) is 33.8 Å². The minimum Gasteiger partial charge on any atom is -0.375 e. The first-order valence-electron chi connectivity index (χ1n) is 8.29. The van der Waals surface area contributed by atoms with E-state index < -0.39 is 0 Å². The van der Waals surface area contributed by atoms with Crippen molar-refractivity contribution in [2.24, 2.45) is 0 Å². The lowest BCUT2D eigenvalue weighted by Crippen LogP contribution is -2.65. The van der Waals surface area contributed by atoms with Crippen LogP contribution in [0.2, 0.25) is 0 Å². The highest BCUT2D eigenvalue weighted by atomic mass is 32.1. The number of thiazole rings is 1. The SMILES string of the molecule is Cc1nc(N)sc1CC(=O)N1CCN(C)C2(CCN(C)CC2)C1. The molecule has 2 fully saturated rings. The number of aryl methyl sites for hydroxylation is 1. The van der Waals surface area contributed by atoms with E-state index in [0.717, 1.165) is 56.1 Å². The summed E-state index contributed by atoms with van der Waals surface area (Å²) in [6.07, 6.45) is 2.70. The molecule has 1 aromatic rings. The minimum atomic E-state index is 0.155. The van der Waals surface area contributed by atoms with Crippen molar-refractivity contribution in [3.8, 4) is 0 Å². The Kier molecular flexibility index (Phi) is 4.62. The van der Waals surface area contributed by atoms with Gasteiger partial charge in [-0.1, -0.05) is 0 Å². The van der Waals surface area contributed by atoms with Crippen LogP contribution in [0.25, 0.3) is 0 Å². The average molecular weight is 337 g/mol. The number of nitrogen functional groups attached to an aromatic ring is 1. The van der Waals surface area contributed by atoms with Crippen LogP contribution in [0.15, 0.2) is 0 Å². The largest absolute Gasteiger partial charge is 0.375 e. The zero-order chi connectivity index (χ0) is 16.6. The number of amides is 1. The Morgan fingerprint density at radius 2 is 1.96 bits per heavy atom. The third kappa shape index (κ3) is 3.36. The van der Waals surface area contributed by atoms with Crippen molar-refractivity contribution in [1.82, 2.24) is 19.7 Å². The van der Waals surface area contributed by atoms with E-state index >= 15 is 0 Å². The molecule has 0 aliphatic carbocycles. The number of aromatic nitrogens is 1. The van der Waals surface area contributed by atoms with Gasteiger partial charge >= 0.3 is 0 Å². The monoisotopic (exact) mass is 337 g/mol. The second kappa shape index (κ2) is 6.37. The molecule has 6 nitrogen and oxygen atoms in total. The normalized spacial score (nSPS) is 22.7. The van der Waals surface area contributed by atoms with Gasteiger partial charge in [0.1, 0.15) is 0 Å². The number of hydrogen-bond acceptors (Lipinski definition) is 6. The van der Waals surface area contributed by atoms with Gasteiger partial charge in [-0.15, -0.1) is 11.3 Å². The second-order valence-corrected chi connectivity index (χ2v) is 8.12. The molecule has 0 radical (unpaired) electrons. The van der Waals surface area contributed by atoms with Crippen molar-refractivity contribution in [2.45, 2.75) is 31.7 Å². The van der Waals surface area contributed by atoms with Crippen molar-refractivity contribution in [1.29, 1.82) is 0 Å². The molecule has 23 heavy (non-hydrogen) atoms. The quantitative estimate of drug-likeness (QED) is 0.865. The summed E-state index contributed by atoms with van der Waals surface area (Å²) in [6.45, 7) is 6.77. The molecule has 2 aliphatic heterocycles. The lowest BCUT2D eigenvalue weighted by molar-refractivity contribution is -0.137. The standard InChI is InChI=1S/C16H27N5OS/c1-12-13(23-15(17)18-12)10-14(22)21-9-8-20(3)16(11-21)4-6-19(2)7-5-16/h4-11H2,1-3H3,(H2,17,18). The third-order valence-corrected chi connectivity index (χ3v) is 6.48. The van der Waals surface area contributed by atoms with E-state index in [1.807, 2.05) is 6.92 Å². The van der Waals surface area contributed by atoms with E-state index in [1.165, 1.54) is 11.3 Å². The lowest BCUT2D eigenvalue weighted by atomic mass is 9.84. The van der Waals surface area contributed by atoms with Crippen LogP contribution >= 0.6 is 11.3 Å². The molecule has 1 aromatic heterocycles. The number of piperidine rings is 1. The van der Waals surface area contributed by atoms with Gasteiger partial charge in [-0.25, -0.2) is 4.98 Å². The number of nitrogens with two attached hydrogens (primary N) is 1. The summed E-state index contributed by atoms with van der Waals surface area (Å²) < 4.78 is 0. The smallest absolute Gasteiger partial charge is 0.228 e. The number of likely N-dealkylation sites (tertiary alicyclic amines) is 1.